The monoisotopic (exact) mass is 343 g/mol. The highest BCUT2D eigenvalue weighted by atomic mass is 35.5. The standard InChI is InChI=1S/C19H22ClN3O/c20-17-2-1-3-18(13-17)22-19(23-24)12-14-4-6-15(7-5-14)16-8-10-21-11-9-16/h1-3,8-11,13-15,24H,4-7,12H2,(H,22,23)/t14-,15+. The van der Waals surface area contributed by atoms with Crippen molar-refractivity contribution in [1.29, 1.82) is 0 Å². The molecule has 4 nitrogen and oxygen atoms in total. The lowest BCUT2D eigenvalue weighted by molar-refractivity contribution is 0.306. The van der Waals surface area contributed by atoms with Crippen LogP contribution in [0.1, 0.15) is 43.6 Å². The molecule has 1 aliphatic rings. The van der Waals surface area contributed by atoms with Gasteiger partial charge < -0.3 is 10.5 Å². The number of aromatic nitrogens is 1. The number of anilines is 1. The van der Waals surface area contributed by atoms with Gasteiger partial charge in [-0.2, -0.15) is 0 Å². The van der Waals surface area contributed by atoms with Crippen LogP contribution in [0.2, 0.25) is 5.02 Å². The molecule has 1 aromatic carbocycles. The van der Waals surface area contributed by atoms with Crippen LogP contribution in [0.5, 0.6) is 0 Å². The van der Waals surface area contributed by atoms with Gasteiger partial charge in [-0.15, -0.1) is 0 Å². The summed E-state index contributed by atoms with van der Waals surface area (Å²) in [5, 5.41) is 16.6. The Morgan fingerprint density at radius 2 is 1.92 bits per heavy atom. The number of pyridine rings is 1. The van der Waals surface area contributed by atoms with Gasteiger partial charge in [0, 0.05) is 29.5 Å². The van der Waals surface area contributed by atoms with E-state index >= 15 is 0 Å². The minimum atomic E-state index is 0.542. The Morgan fingerprint density at radius 3 is 2.58 bits per heavy atom. The Kier molecular flexibility index (Phi) is 5.70. The van der Waals surface area contributed by atoms with E-state index in [2.05, 4.69) is 27.6 Å². The molecule has 1 aromatic heterocycles. The van der Waals surface area contributed by atoms with E-state index in [0.717, 1.165) is 24.9 Å². The molecule has 24 heavy (non-hydrogen) atoms. The molecule has 5 heteroatoms. The van der Waals surface area contributed by atoms with Crippen LogP contribution in [0.3, 0.4) is 0 Å². The molecular weight excluding hydrogens is 322 g/mol. The van der Waals surface area contributed by atoms with Crippen molar-refractivity contribution in [3.63, 3.8) is 0 Å². The van der Waals surface area contributed by atoms with Crippen molar-refractivity contribution in [3.8, 4) is 0 Å². The smallest absolute Gasteiger partial charge is 0.146 e. The first-order chi connectivity index (χ1) is 11.7. The maximum atomic E-state index is 9.30. The summed E-state index contributed by atoms with van der Waals surface area (Å²) in [6.45, 7) is 0. The SMILES string of the molecule is ON=C(C[C@H]1CC[C@@H](c2ccncc2)CC1)Nc1cccc(Cl)c1. The summed E-state index contributed by atoms with van der Waals surface area (Å²) in [5.74, 6) is 1.77. The molecule has 126 valence electrons. The normalized spacial score (nSPS) is 21.5. The zero-order valence-corrected chi connectivity index (χ0v) is 14.3. The molecule has 2 N–H and O–H groups in total. The van der Waals surface area contributed by atoms with E-state index in [1.807, 2.05) is 36.7 Å². The van der Waals surface area contributed by atoms with Crippen LogP contribution in [0, 0.1) is 5.92 Å². The van der Waals surface area contributed by atoms with Crippen LogP contribution >= 0.6 is 11.6 Å². The number of nitrogens with one attached hydrogen (secondary N) is 1. The molecule has 0 spiro atoms. The predicted molar refractivity (Wildman–Crippen MR) is 97.8 cm³/mol. The number of benzene rings is 1. The largest absolute Gasteiger partial charge is 0.409 e. The third kappa shape index (κ3) is 4.48. The third-order valence-electron chi connectivity index (χ3n) is 4.74. The van der Waals surface area contributed by atoms with E-state index in [1.165, 1.54) is 18.4 Å². The lowest BCUT2D eigenvalue weighted by Crippen LogP contribution is -2.21. The van der Waals surface area contributed by atoms with E-state index in [1.54, 1.807) is 0 Å². The molecule has 3 rings (SSSR count). The van der Waals surface area contributed by atoms with E-state index in [0.29, 0.717) is 22.7 Å². The minimum absolute atomic E-state index is 0.542. The maximum absolute atomic E-state index is 9.30. The highest BCUT2D eigenvalue weighted by Crippen LogP contribution is 2.37. The van der Waals surface area contributed by atoms with Crippen LogP contribution in [0.15, 0.2) is 53.9 Å². The van der Waals surface area contributed by atoms with Gasteiger partial charge in [0.1, 0.15) is 5.84 Å². The van der Waals surface area contributed by atoms with Crippen LogP contribution in [0.25, 0.3) is 0 Å². The van der Waals surface area contributed by atoms with Crippen molar-refractivity contribution in [1.82, 2.24) is 4.98 Å². The average molecular weight is 344 g/mol. The van der Waals surface area contributed by atoms with Crippen LogP contribution in [-0.2, 0) is 0 Å². The number of halogens is 1. The first-order valence-corrected chi connectivity index (χ1v) is 8.76. The molecule has 0 bridgehead atoms. The molecule has 1 saturated carbocycles. The number of hydrogen-bond donors (Lipinski definition) is 2. The van der Waals surface area contributed by atoms with E-state index in [4.69, 9.17) is 11.6 Å². The third-order valence-corrected chi connectivity index (χ3v) is 4.98. The average Bonchev–Trinajstić information content (AvgIpc) is 2.62. The fourth-order valence-corrected chi connectivity index (χ4v) is 3.65. The highest BCUT2D eigenvalue weighted by molar-refractivity contribution is 6.30. The van der Waals surface area contributed by atoms with Crippen LogP contribution in [0.4, 0.5) is 5.69 Å². The maximum Gasteiger partial charge on any atom is 0.146 e. The topological polar surface area (TPSA) is 57.5 Å². The first kappa shape index (κ1) is 16.8. The Balaban J connectivity index is 1.53. The van der Waals surface area contributed by atoms with E-state index < -0.39 is 0 Å². The van der Waals surface area contributed by atoms with Crippen molar-refractivity contribution in [2.75, 3.05) is 5.32 Å². The van der Waals surface area contributed by atoms with Crippen molar-refractivity contribution < 1.29 is 5.21 Å². The molecule has 0 unspecified atom stereocenters. The quantitative estimate of drug-likeness (QED) is 0.343. The van der Waals surface area contributed by atoms with Gasteiger partial charge in [-0.25, -0.2) is 0 Å². The molecule has 0 amide bonds. The second kappa shape index (κ2) is 8.15. The lowest BCUT2D eigenvalue weighted by Gasteiger charge is -2.29. The molecule has 1 aliphatic carbocycles. The first-order valence-electron chi connectivity index (χ1n) is 8.38. The second-order valence-electron chi connectivity index (χ2n) is 6.38. The van der Waals surface area contributed by atoms with Gasteiger partial charge in [-0.1, -0.05) is 22.8 Å². The van der Waals surface area contributed by atoms with Gasteiger partial charge in [-0.3, -0.25) is 4.98 Å². The van der Waals surface area contributed by atoms with E-state index in [9.17, 15) is 5.21 Å². The number of hydrogen-bond acceptors (Lipinski definition) is 3. The Bertz CT molecular complexity index is 682. The number of rotatable bonds is 4. The van der Waals surface area contributed by atoms with Crippen LogP contribution in [-0.4, -0.2) is 16.0 Å². The number of nitrogens with zero attached hydrogens (tertiary/aromatic N) is 2. The van der Waals surface area contributed by atoms with Crippen molar-refractivity contribution in [3.05, 3.63) is 59.4 Å². The van der Waals surface area contributed by atoms with Crippen LogP contribution < -0.4 is 5.32 Å². The van der Waals surface area contributed by atoms with Gasteiger partial charge in [0.25, 0.3) is 0 Å². The summed E-state index contributed by atoms with van der Waals surface area (Å²) < 4.78 is 0. The number of oxime groups is 1. The Morgan fingerprint density at radius 1 is 1.17 bits per heavy atom. The highest BCUT2D eigenvalue weighted by Gasteiger charge is 2.23. The molecule has 2 aromatic rings. The molecule has 0 atom stereocenters. The zero-order valence-electron chi connectivity index (χ0n) is 13.5. The molecule has 0 radical (unpaired) electrons. The summed E-state index contributed by atoms with van der Waals surface area (Å²) >= 11 is 5.99. The summed E-state index contributed by atoms with van der Waals surface area (Å²) in [7, 11) is 0. The van der Waals surface area contributed by atoms with Crippen molar-refractivity contribution >= 4 is 23.1 Å². The Labute approximate surface area is 147 Å². The molecule has 1 fully saturated rings. The molecular formula is C19H22ClN3O. The zero-order chi connectivity index (χ0) is 16.8. The minimum Gasteiger partial charge on any atom is -0.409 e. The van der Waals surface area contributed by atoms with Gasteiger partial charge in [-0.05, 0) is 73.4 Å². The number of amidine groups is 1. The summed E-state index contributed by atoms with van der Waals surface area (Å²) in [5.41, 5.74) is 2.23. The Hall–Kier alpha value is -2.07. The summed E-state index contributed by atoms with van der Waals surface area (Å²) in [4.78, 5) is 4.09. The summed E-state index contributed by atoms with van der Waals surface area (Å²) in [6.07, 6.45) is 9.12. The van der Waals surface area contributed by atoms with Crippen molar-refractivity contribution in [2.45, 2.75) is 38.0 Å². The molecule has 0 saturated heterocycles. The lowest BCUT2D eigenvalue weighted by atomic mass is 9.77. The van der Waals surface area contributed by atoms with E-state index in [-0.39, 0.29) is 0 Å². The van der Waals surface area contributed by atoms with Crippen molar-refractivity contribution in [2.24, 2.45) is 11.1 Å². The van der Waals surface area contributed by atoms with Gasteiger partial charge in [0.15, 0.2) is 0 Å². The van der Waals surface area contributed by atoms with Gasteiger partial charge in [0.05, 0.1) is 0 Å². The molecule has 0 aliphatic heterocycles. The fraction of sp³-hybridized carbons (Fsp3) is 0.368. The summed E-state index contributed by atoms with van der Waals surface area (Å²) in [6, 6.07) is 11.7. The second-order valence-corrected chi connectivity index (χ2v) is 6.82. The van der Waals surface area contributed by atoms with Gasteiger partial charge >= 0.3 is 0 Å². The fourth-order valence-electron chi connectivity index (χ4n) is 3.46. The van der Waals surface area contributed by atoms with Gasteiger partial charge in [0.2, 0.25) is 0 Å². The molecule has 1 heterocycles. The predicted octanol–water partition coefficient (Wildman–Crippen LogP) is 5.30.